The fourth-order valence-electron chi connectivity index (χ4n) is 5.03. The molecule has 3 nitrogen and oxygen atoms in total. The predicted octanol–water partition coefficient (Wildman–Crippen LogP) is 6.66. The first-order valence-corrected chi connectivity index (χ1v) is 13.1. The standard InChI is InChI=1S/C29H45N3/c1-6-31(7-2)20-12-10-14-24-16-18-28-26(22-24)27-23-25(17-19-29(27)30(28)5)15-11-13-21-32(8-3)9-4/h16-19,22-23H,6-15,20-21H2,1-5H3. The van der Waals surface area contributed by atoms with Crippen molar-refractivity contribution in [2.75, 3.05) is 39.3 Å². The van der Waals surface area contributed by atoms with Gasteiger partial charge in [0.15, 0.2) is 0 Å². The Bertz CT molecular complexity index is 886. The van der Waals surface area contributed by atoms with Crippen LogP contribution in [0.15, 0.2) is 36.4 Å². The van der Waals surface area contributed by atoms with Crippen molar-refractivity contribution >= 4 is 21.8 Å². The van der Waals surface area contributed by atoms with Gasteiger partial charge in [0.2, 0.25) is 0 Å². The molecule has 176 valence electrons. The van der Waals surface area contributed by atoms with Gasteiger partial charge in [-0.1, -0.05) is 39.8 Å². The molecule has 0 aliphatic heterocycles. The topological polar surface area (TPSA) is 11.4 Å². The lowest BCUT2D eigenvalue weighted by Crippen LogP contribution is -2.23. The van der Waals surface area contributed by atoms with Crippen molar-refractivity contribution in [1.29, 1.82) is 0 Å². The Hall–Kier alpha value is -1.84. The van der Waals surface area contributed by atoms with Crippen LogP contribution in [0.1, 0.15) is 64.5 Å². The molecule has 0 atom stereocenters. The Labute approximate surface area is 196 Å². The van der Waals surface area contributed by atoms with Gasteiger partial charge < -0.3 is 14.4 Å². The Balaban J connectivity index is 1.68. The number of aryl methyl sites for hydroxylation is 3. The smallest absolute Gasteiger partial charge is 0.0488 e. The monoisotopic (exact) mass is 435 g/mol. The first-order chi connectivity index (χ1) is 15.6. The number of fused-ring (bicyclic) bond motifs is 3. The van der Waals surface area contributed by atoms with Gasteiger partial charge in [0, 0.05) is 28.9 Å². The van der Waals surface area contributed by atoms with Gasteiger partial charge in [0.25, 0.3) is 0 Å². The van der Waals surface area contributed by atoms with Crippen LogP contribution in [0.5, 0.6) is 0 Å². The quantitative estimate of drug-likeness (QED) is 0.262. The Kier molecular flexibility index (Phi) is 9.62. The Morgan fingerprint density at radius 1 is 0.594 bits per heavy atom. The first kappa shape index (κ1) is 24.8. The normalized spacial score (nSPS) is 12.1. The third-order valence-electron chi connectivity index (χ3n) is 7.30. The highest BCUT2D eigenvalue weighted by molar-refractivity contribution is 6.08. The molecule has 0 aliphatic rings. The van der Waals surface area contributed by atoms with Gasteiger partial charge in [-0.2, -0.15) is 0 Å². The van der Waals surface area contributed by atoms with Crippen LogP contribution in [-0.4, -0.2) is 53.6 Å². The second-order valence-electron chi connectivity index (χ2n) is 9.23. The molecule has 3 rings (SSSR count). The highest BCUT2D eigenvalue weighted by atomic mass is 15.1. The number of benzene rings is 2. The predicted molar refractivity (Wildman–Crippen MR) is 142 cm³/mol. The molecule has 1 aromatic heterocycles. The first-order valence-electron chi connectivity index (χ1n) is 13.1. The van der Waals surface area contributed by atoms with E-state index in [9.17, 15) is 0 Å². The fourth-order valence-corrected chi connectivity index (χ4v) is 5.03. The molecule has 0 aliphatic carbocycles. The molecule has 3 heteroatoms. The van der Waals surface area contributed by atoms with E-state index < -0.39 is 0 Å². The Morgan fingerprint density at radius 3 is 1.38 bits per heavy atom. The number of nitrogens with zero attached hydrogens (tertiary/aromatic N) is 3. The van der Waals surface area contributed by atoms with Crippen molar-refractivity contribution in [2.24, 2.45) is 7.05 Å². The average molecular weight is 436 g/mol. The molecule has 32 heavy (non-hydrogen) atoms. The van der Waals surface area contributed by atoms with E-state index in [1.807, 2.05) is 0 Å². The molecular weight excluding hydrogens is 390 g/mol. The SMILES string of the molecule is CCN(CC)CCCCc1ccc2c(c1)c1cc(CCCCN(CC)CC)ccc1n2C. The summed E-state index contributed by atoms with van der Waals surface area (Å²) in [5, 5.41) is 2.85. The number of hydrogen-bond acceptors (Lipinski definition) is 2. The maximum absolute atomic E-state index is 2.53. The lowest BCUT2D eigenvalue weighted by atomic mass is 10.0. The summed E-state index contributed by atoms with van der Waals surface area (Å²) in [6.07, 6.45) is 7.46. The molecule has 0 radical (unpaired) electrons. The molecule has 0 saturated heterocycles. The zero-order valence-corrected chi connectivity index (χ0v) is 21.3. The minimum absolute atomic E-state index is 1.16. The van der Waals surface area contributed by atoms with E-state index >= 15 is 0 Å². The largest absolute Gasteiger partial charge is 0.344 e. The molecule has 3 aromatic rings. The maximum atomic E-state index is 2.53. The summed E-state index contributed by atoms with van der Waals surface area (Å²) in [5.74, 6) is 0. The molecule has 0 spiro atoms. The van der Waals surface area contributed by atoms with Crippen LogP contribution in [0.3, 0.4) is 0 Å². The lowest BCUT2D eigenvalue weighted by Gasteiger charge is -2.17. The van der Waals surface area contributed by atoms with E-state index in [0.29, 0.717) is 0 Å². The van der Waals surface area contributed by atoms with Gasteiger partial charge in [0.05, 0.1) is 0 Å². The third-order valence-corrected chi connectivity index (χ3v) is 7.30. The molecule has 0 N–H and O–H groups in total. The van der Waals surface area contributed by atoms with Crippen LogP contribution in [0.4, 0.5) is 0 Å². The molecule has 2 aromatic carbocycles. The highest BCUT2D eigenvalue weighted by Crippen LogP contribution is 2.30. The van der Waals surface area contributed by atoms with Crippen LogP contribution < -0.4 is 0 Å². The summed E-state index contributed by atoms with van der Waals surface area (Å²) in [7, 11) is 2.21. The van der Waals surface area contributed by atoms with E-state index in [-0.39, 0.29) is 0 Å². The minimum atomic E-state index is 1.16. The zero-order valence-electron chi connectivity index (χ0n) is 21.3. The van der Waals surface area contributed by atoms with Crippen LogP contribution >= 0.6 is 0 Å². The van der Waals surface area contributed by atoms with E-state index in [4.69, 9.17) is 0 Å². The third kappa shape index (κ3) is 6.14. The molecule has 0 unspecified atom stereocenters. The lowest BCUT2D eigenvalue weighted by molar-refractivity contribution is 0.297. The van der Waals surface area contributed by atoms with E-state index in [1.54, 1.807) is 0 Å². The number of aromatic nitrogens is 1. The van der Waals surface area contributed by atoms with Gasteiger partial charge in [-0.25, -0.2) is 0 Å². The van der Waals surface area contributed by atoms with Gasteiger partial charge in [-0.3, -0.25) is 0 Å². The molecule has 0 saturated carbocycles. The summed E-state index contributed by atoms with van der Waals surface area (Å²) in [6, 6.07) is 14.3. The molecule has 0 fully saturated rings. The molecule has 0 amide bonds. The van der Waals surface area contributed by atoms with E-state index in [0.717, 1.165) is 26.2 Å². The zero-order chi connectivity index (χ0) is 22.9. The molecular formula is C29H45N3. The molecule has 1 heterocycles. The maximum Gasteiger partial charge on any atom is 0.0488 e. The summed E-state index contributed by atoms with van der Waals surface area (Å²) in [6.45, 7) is 16.1. The van der Waals surface area contributed by atoms with Crippen LogP contribution in [0.2, 0.25) is 0 Å². The van der Waals surface area contributed by atoms with Crippen molar-refractivity contribution in [3.05, 3.63) is 47.5 Å². The Morgan fingerprint density at radius 2 is 1.00 bits per heavy atom. The summed E-state index contributed by atoms with van der Waals surface area (Å²) in [5.41, 5.74) is 5.67. The van der Waals surface area contributed by atoms with Crippen molar-refractivity contribution in [3.8, 4) is 0 Å². The van der Waals surface area contributed by atoms with Crippen molar-refractivity contribution < 1.29 is 0 Å². The van der Waals surface area contributed by atoms with Crippen LogP contribution in [0, 0.1) is 0 Å². The van der Waals surface area contributed by atoms with Gasteiger partial charge in [0.1, 0.15) is 0 Å². The summed E-state index contributed by atoms with van der Waals surface area (Å²) >= 11 is 0. The average Bonchev–Trinajstić information content (AvgIpc) is 3.10. The number of hydrogen-bond donors (Lipinski definition) is 0. The summed E-state index contributed by atoms with van der Waals surface area (Å²) in [4.78, 5) is 5.05. The molecule has 0 bridgehead atoms. The second-order valence-corrected chi connectivity index (χ2v) is 9.23. The fraction of sp³-hybridized carbons (Fsp3) is 0.586. The van der Waals surface area contributed by atoms with Crippen molar-refractivity contribution in [1.82, 2.24) is 14.4 Å². The van der Waals surface area contributed by atoms with Crippen LogP contribution in [0.25, 0.3) is 21.8 Å². The number of rotatable bonds is 14. The van der Waals surface area contributed by atoms with Crippen molar-refractivity contribution in [2.45, 2.75) is 66.2 Å². The highest BCUT2D eigenvalue weighted by Gasteiger charge is 2.10. The minimum Gasteiger partial charge on any atom is -0.344 e. The van der Waals surface area contributed by atoms with Crippen molar-refractivity contribution in [3.63, 3.8) is 0 Å². The summed E-state index contributed by atoms with van der Waals surface area (Å²) < 4.78 is 2.36. The second kappa shape index (κ2) is 12.4. The number of unbranched alkanes of at least 4 members (excludes halogenated alkanes) is 2. The van der Waals surface area contributed by atoms with Gasteiger partial charge in [-0.15, -0.1) is 0 Å². The van der Waals surface area contributed by atoms with E-state index in [2.05, 4.69) is 85.5 Å². The van der Waals surface area contributed by atoms with E-state index in [1.165, 1.54) is 84.5 Å². The van der Waals surface area contributed by atoms with Gasteiger partial charge >= 0.3 is 0 Å². The van der Waals surface area contributed by atoms with Crippen LogP contribution in [-0.2, 0) is 19.9 Å². The van der Waals surface area contributed by atoms with Gasteiger partial charge in [-0.05, 0) is 113 Å².